The number of nitrogens with one attached hydrogen (secondary N) is 1. The van der Waals surface area contributed by atoms with Gasteiger partial charge in [0.1, 0.15) is 0 Å². The number of carbonyl (C=O) groups excluding carboxylic acids is 1. The van der Waals surface area contributed by atoms with Crippen LogP contribution in [0.5, 0.6) is 5.75 Å². The molecule has 1 aromatic heterocycles. The van der Waals surface area contributed by atoms with Crippen LogP contribution in [0.4, 0.5) is 18.0 Å². The lowest BCUT2D eigenvalue weighted by molar-refractivity contribution is -0.137. The molecule has 0 bridgehead atoms. The SMILES string of the molecule is Cc1c(OC(=O)N[C@@H]2CCCC[C@H]2O)cc(-c2cc(C(F)(F)F)ccc2Cl)n1C[C@H]1CCCO1. The second kappa shape index (κ2) is 10.2. The van der Waals surface area contributed by atoms with Crippen molar-refractivity contribution in [2.45, 2.75) is 76.4 Å². The van der Waals surface area contributed by atoms with E-state index in [1.165, 1.54) is 12.1 Å². The van der Waals surface area contributed by atoms with Crippen LogP contribution in [-0.2, 0) is 17.5 Å². The molecule has 2 N–H and O–H groups in total. The second-order valence-corrected chi connectivity index (χ2v) is 9.32. The molecule has 0 radical (unpaired) electrons. The van der Waals surface area contributed by atoms with Gasteiger partial charge in [-0.15, -0.1) is 0 Å². The maximum absolute atomic E-state index is 13.4. The van der Waals surface area contributed by atoms with E-state index in [1.54, 1.807) is 11.5 Å². The van der Waals surface area contributed by atoms with Gasteiger partial charge in [-0.25, -0.2) is 4.79 Å². The van der Waals surface area contributed by atoms with Crippen LogP contribution in [0.1, 0.15) is 49.8 Å². The summed E-state index contributed by atoms with van der Waals surface area (Å²) in [4.78, 5) is 12.6. The molecule has 2 heterocycles. The summed E-state index contributed by atoms with van der Waals surface area (Å²) >= 11 is 6.32. The quantitative estimate of drug-likeness (QED) is 0.552. The number of hydrogen-bond acceptors (Lipinski definition) is 4. The molecule has 2 aliphatic rings. The van der Waals surface area contributed by atoms with E-state index in [2.05, 4.69) is 5.32 Å². The molecule has 34 heavy (non-hydrogen) atoms. The van der Waals surface area contributed by atoms with Crippen LogP contribution < -0.4 is 10.1 Å². The van der Waals surface area contributed by atoms with Crippen LogP contribution in [0.25, 0.3) is 11.3 Å². The minimum atomic E-state index is -4.53. The van der Waals surface area contributed by atoms with Gasteiger partial charge in [-0.05, 0) is 50.8 Å². The summed E-state index contributed by atoms with van der Waals surface area (Å²) in [5, 5.41) is 13.0. The Kier molecular flexibility index (Phi) is 7.45. The second-order valence-electron chi connectivity index (χ2n) is 8.91. The van der Waals surface area contributed by atoms with Gasteiger partial charge in [-0.3, -0.25) is 0 Å². The van der Waals surface area contributed by atoms with Crippen molar-refractivity contribution in [2.75, 3.05) is 6.61 Å². The zero-order chi connectivity index (χ0) is 24.5. The lowest BCUT2D eigenvalue weighted by Crippen LogP contribution is -2.46. The number of nitrogens with zero attached hydrogens (tertiary/aromatic N) is 1. The molecule has 1 saturated carbocycles. The van der Waals surface area contributed by atoms with Gasteiger partial charge < -0.3 is 24.5 Å². The zero-order valence-corrected chi connectivity index (χ0v) is 19.6. The number of aliphatic hydroxyl groups is 1. The third kappa shape index (κ3) is 5.53. The average Bonchev–Trinajstić information content (AvgIpc) is 3.39. The van der Waals surface area contributed by atoms with Gasteiger partial charge in [-0.2, -0.15) is 13.2 Å². The molecule has 1 saturated heterocycles. The predicted octanol–water partition coefficient (Wildman–Crippen LogP) is 5.71. The van der Waals surface area contributed by atoms with Crippen molar-refractivity contribution in [3.63, 3.8) is 0 Å². The number of aromatic nitrogens is 1. The molecule has 1 amide bonds. The topological polar surface area (TPSA) is 72.7 Å². The van der Waals surface area contributed by atoms with Crippen molar-refractivity contribution in [2.24, 2.45) is 0 Å². The number of ether oxygens (including phenoxy) is 2. The van der Waals surface area contributed by atoms with Crippen LogP contribution in [0, 0.1) is 6.92 Å². The number of aliphatic hydroxyl groups excluding tert-OH is 1. The number of halogens is 4. The minimum absolute atomic E-state index is 0.103. The number of hydrogen-bond donors (Lipinski definition) is 2. The smallest absolute Gasteiger partial charge is 0.408 e. The van der Waals surface area contributed by atoms with Crippen LogP contribution in [-0.4, -0.2) is 40.6 Å². The molecule has 0 spiro atoms. The third-order valence-corrected chi connectivity index (χ3v) is 6.86. The fourth-order valence-corrected chi connectivity index (χ4v) is 4.85. The molecule has 3 atom stereocenters. The van der Waals surface area contributed by atoms with Crippen molar-refractivity contribution in [1.29, 1.82) is 0 Å². The highest BCUT2D eigenvalue weighted by atomic mass is 35.5. The Labute approximate surface area is 201 Å². The molecular weight excluding hydrogens is 473 g/mol. The fourth-order valence-electron chi connectivity index (χ4n) is 4.63. The van der Waals surface area contributed by atoms with Crippen LogP contribution in [0.15, 0.2) is 24.3 Å². The highest BCUT2D eigenvalue weighted by Gasteiger charge is 2.32. The highest BCUT2D eigenvalue weighted by molar-refractivity contribution is 6.33. The van der Waals surface area contributed by atoms with E-state index in [9.17, 15) is 23.1 Å². The molecule has 4 rings (SSSR count). The van der Waals surface area contributed by atoms with Crippen molar-refractivity contribution in [1.82, 2.24) is 9.88 Å². The summed E-state index contributed by atoms with van der Waals surface area (Å²) in [6, 6.07) is 4.30. The number of carbonyl (C=O) groups is 1. The molecule has 6 nitrogen and oxygen atoms in total. The molecule has 1 aliphatic carbocycles. The van der Waals surface area contributed by atoms with Gasteiger partial charge >= 0.3 is 12.3 Å². The maximum atomic E-state index is 13.4. The van der Waals surface area contributed by atoms with Gasteiger partial charge in [-0.1, -0.05) is 24.4 Å². The molecular formula is C24H28ClF3N2O4. The van der Waals surface area contributed by atoms with Crippen LogP contribution in [0.2, 0.25) is 5.02 Å². The van der Waals surface area contributed by atoms with E-state index in [1.807, 2.05) is 0 Å². The van der Waals surface area contributed by atoms with E-state index < -0.39 is 30.0 Å². The van der Waals surface area contributed by atoms with E-state index in [-0.39, 0.29) is 22.4 Å². The summed E-state index contributed by atoms with van der Waals surface area (Å²) in [6.07, 6.45) is -1.19. The number of amides is 1. The molecule has 10 heteroatoms. The Balaban J connectivity index is 1.66. The number of alkyl halides is 3. The summed E-state index contributed by atoms with van der Waals surface area (Å²) in [5.41, 5.74) is 0.347. The predicted molar refractivity (Wildman–Crippen MR) is 121 cm³/mol. The molecule has 0 unspecified atom stereocenters. The number of benzene rings is 1. The fraction of sp³-hybridized carbons (Fsp3) is 0.542. The minimum Gasteiger partial charge on any atom is -0.408 e. The van der Waals surface area contributed by atoms with Crippen molar-refractivity contribution < 1.29 is 32.5 Å². The van der Waals surface area contributed by atoms with Crippen molar-refractivity contribution >= 4 is 17.7 Å². The van der Waals surface area contributed by atoms with Crippen molar-refractivity contribution in [3.8, 4) is 17.0 Å². The third-order valence-electron chi connectivity index (χ3n) is 6.54. The summed E-state index contributed by atoms with van der Waals surface area (Å²) < 4.78 is 53.2. The van der Waals surface area contributed by atoms with Gasteiger partial charge in [0.15, 0.2) is 5.75 Å². The van der Waals surface area contributed by atoms with Gasteiger partial charge in [0.05, 0.1) is 35.2 Å². The first-order valence-corrected chi connectivity index (χ1v) is 11.9. The molecule has 2 fully saturated rings. The maximum Gasteiger partial charge on any atom is 0.416 e. The molecule has 1 aliphatic heterocycles. The lowest BCUT2D eigenvalue weighted by atomic mass is 9.93. The van der Waals surface area contributed by atoms with Gasteiger partial charge in [0, 0.05) is 29.8 Å². The van der Waals surface area contributed by atoms with E-state index in [0.29, 0.717) is 37.4 Å². The Hall–Kier alpha value is -2.23. The number of rotatable bonds is 5. The monoisotopic (exact) mass is 500 g/mol. The standard InChI is InChI=1S/C24H28ClF3N2O4/c1-14-22(34-23(32)29-19-6-2-3-7-21(19)31)12-20(30(14)13-16-5-4-10-33-16)17-11-15(24(26,27)28)8-9-18(17)25/h8-9,11-12,16,19,21,31H,2-7,10,13H2,1H3,(H,29,32)/t16-,19-,21-/m1/s1. The molecule has 2 aromatic rings. The van der Waals surface area contributed by atoms with Crippen molar-refractivity contribution in [3.05, 3.63) is 40.5 Å². The summed E-state index contributed by atoms with van der Waals surface area (Å²) in [7, 11) is 0. The Morgan fingerprint density at radius 3 is 2.68 bits per heavy atom. The van der Waals surface area contributed by atoms with Gasteiger partial charge in [0.25, 0.3) is 0 Å². The summed E-state index contributed by atoms with van der Waals surface area (Å²) in [6.45, 7) is 2.75. The van der Waals surface area contributed by atoms with E-state index in [4.69, 9.17) is 21.1 Å². The first-order valence-electron chi connectivity index (χ1n) is 11.5. The summed E-state index contributed by atoms with van der Waals surface area (Å²) in [5.74, 6) is 0.212. The average molecular weight is 501 g/mol. The highest BCUT2D eigenvalue weighted by Crippen LogP contribution is 2.39. The van der Waals surface area contributed by atoms with E-state index >= 15 is 0 Å². The Morgan fingerprint density at radius 2 is 2.00 bits per heavy atom. The van der Waals surface area contributed by atoms with Gasteiger partial charge in [0.2, 0.25) is 0 Å². The Bertz CT molecular complexity index is 1030. The Morgan fingerprint density at radius 1 is 1.24 bits per heavy atom. The zero-order valence-electron chi connectivity index (χ0n) is 18.8. The first kappa shape index (κ1) is 24.9. The van der Waals surface area contributed by atoms with E-state index in [0.717, 1.165) is 37.8 Å². The first-order chi connectivity index (χ1) is 16.1. The van der Waals surface area contributed by atoms with Crippen LogP contribution in [0.3, 0.4) is 0 Å². The molecule has 1 aromatic carbocycles. The molecule has 186 valence electrons. The lowest BCUT2D eigenvalue weighted by Gasteiger charge is -2.27. The normalized spacial score (nSPS) is 23.2. The largest absolute Gasteiger partial charge is 0.416 e. The van der Waals surface area contributed by atoms with Crippen LogP contribution >= 0.6 is 11.6 Å².